The van der Waals surface area contributed by atoms with Gasteiger partial charge in [-0.1, -0.05) is 37.3 Å². The van der Waals surface area contributed by atoms with E-state index < -0.39 is 6.10 Å². The molecule has 0 spiro atoms. The molecule has 4 nitrogen and oxygen atoms in total. The molecule has 1 aromatic heterocycles. The van der Waals surface area contributed by atoms with E-state index in [1.165, 1.54) is 38.2 Å². The van der Waals surface area contributed by atoms with Gasteiger partial charge in [0.2, 0.25) is 0 Å². The molecule has 1 heterocycles. The van der Waals surface area contributed by atoms with E-state index in [-0.39, 0.29) is 19.0 Å². The molecule has 0 bridgehead atoms. The van der Waals surface area contributed by atoms with Crippen LogP contribution in [0.4, 0.5) is 4.39 Å². The molecule has 1 aliphatic carbocycles. The number of benzene rings is 1. The van der Waals surface area contributed by atoms with Crippen molar-refractivity contribution < 1.29 is 14.2 Å². The minimum absolute atomic E-state index is 0.213. The summed E-state index contributed by atoms with van der Waals surface area (Å²) < 4.78 is 21.1. The van der Waals surface area contributed by atoms with Crippen LogP contribution in [0.25, 0.3) is 0 Å². The number of hydrogen-bond donors (Lipinski definition) is 1. The first-order valence-corrected chi connectivity index (χ1v) is 10.9. The third-order valence-electron chi connectivity index (χ3n) is 5.76. The second-order valence-corrected chi connectivity index (χ2v) is 8.33. The Bertz CT molecular complexity index is 807. The smallest absolute Gasteiger partial charge is 0.123 e. The van der Waals surface area contributed by atoms with E-state index in [9.17, 15) is 9.50 Å². The Morgan fingerprint density at radius 3 is 2.83 bits per heavy atom. The van der Waals surface area contributed by atoms with Crippen molar-refractivity contribution in [3.8, 4) is 12.3 Å². The molecular formula is C25H33FN2O2. The molecule has 162 valence electrons. The molecule has 30 heavy (non-hydrogen) atoms. The number of nitrogens with zero attached hydrogens (tertiary/aromatic N) is 2. The number of terminal acetylenes is 1. The Kier molecular flexibility index (Phi) is 8.95. The van der Waals surface area contributed by atoms with Crippen molar-refractivity contribution in [1.29, 1.82) is 0 Å². The SMILES string of the molecule is C#CCOCC(O)CN(Cc1cccn1Cc1cccc(F)c1)CC1CCCCC1. The number of halogens is 1. The molecule has 1 fully saturated rings. The predicted octanol–water partition coefficient (Wildman–Crippen LogP) is 4.07. The van der Waals surface area contributed by atoms with Gasteiger partial charge in [0, 0.05) is 38.1 Å². The Morgan fingerprint density at radius 2 is 2.07 bits per heavy atom. The van der Waals surface area contributed by atoms with Gasteiger partial charge in [0.15, 0.2) is 0 Å². The molecule has 1 aliphatic rings. The number of aliphatic hydroxyl groups excluding tert-OH is 1. The lowest BCUT2D eigenvalue weighted by Crippen LogP contribution is -2.38. The number of rotatable bonds is 11. The van der Waals surface area contributed by atoms with Crippen molar-refractivity contribution in [2.45, 2.75) is 51.3 Å². The van der Waals surface area contributed by atoms with Crippen LogP contribution < -0.4 is 0 Å². The van der Waals surface area contributed by atoms with Gasteiger partial charge in [-0.3, -0.25) is 4.90 Å². The van der Waals surface area contributed by atoms with Gasteiger partial charge < -0.3 is 14.4 Å². The molecule has 1 saturated carbocycles. The highest BCUT2D eigenvalue weighted by molar-refractivity contribution is 5.19. The maximum atomic E-state index is 13.6. The van der Waals surface area contributed by atoms with E-state index >= 15 is 0 Å². The third kappa shape index (κ3) is 7.28. The first-order chi connectivity index (χ1) is 14.6. The molecule has 0 radical (unpaired) electrons. The number of ether oxygens (including phenoxy) is 1. The highest BCUT2D eigenvalue weighted by atomic mass is 19.1. The molecule has 0 saturated heterocycles. The van der Waals surface area contributed by atoms with E-state index in [0.29, 0.717) is 19.0 Å². The summed E-state index contributed by atoms with van der Waals surface area (Å²) in [5, 5.41) is 10.5. The third-order valence-corrected chi connectivity index (χ3v) is 5.76. The molecule has 1 unspecified atom stereocenters. The van der Waals surface area contributed by atoms with Gasteiger partial charge in [-0.2, -0.15) is 0 Å². The van der Waals surface area contributed by atoms with Crippen LogP contribution in [0, 0.1) is 24.1 Å². The van der Waals surface area contributed by atoms with Crippen molar-refractivity contribution in [3.63, 3.8) is 0 Å². The largest absolute Gasteiger partial charge is 0.389 e. The van der Waals surface area contributed by atoms with Crippen molar-refractivity contribution in [3.05, 3.63) is 59.7 Å². The monoisotopic (exact) mass is 412 g/mol. The van der Waals surface area contributed by atoms with E-state index in [1.807, 2.05) is 18.3 Å². The van der Waals surface area contributed by atoms with Crippen LogP contribution in [0.5, 0.6) is 0 Å². The fraction of sp³-hybridized carbons (Fsp3) is 0.520. The Balaban J connectivity index is 1.65. The summed E-state index contributed by atoms with van der Waals surface area (Å²) >= 11 is 0. The van der Waals surface area contributed by atoms with Gasteiger partial charge in [0.25, 0.3) is 0 Å². The zero-order valence-electron chi connectivity index (χ0n) is 17.7. The minimum atomic E-state index is -0.575. The van der Waals surface area contributed by atoms with Crippen molar-refractivity contribution in [1.82, 2.24) is 9.47 Å². The molecule has 1 atom stereocenters. The average molecular weight is 413 g/mol. The van der Waals surface area contributed by atoms with Crippen molar-refractivity contribution in [2.75, 3.05) is 26.3 Å². The number of aliphatic hydroxyl groups is 1. The van der Waals surface area contributed by atoms with Crippen molar-refractivity contribution >= 4 is 0 Å². The summed E-state index contributed by atoms with van der Waals surface area (Å²) in [5.41, 5.74) is 2.10. The maximum Gasteiger partial charge on any atom is 0.123 e. The fourth-order valence-electron chi connectivity index (χ4n) is 4.35. The summed E-state index contributed by atoms with van der Waals surface area (Å²) in [6.45, 7) is 3.35. The second-order valence-electron chi connectivity index (χ2n) is 8.33. The summed E-state index contributed by atoms with van der Waals surface area (Å²) in [6, 6.07) is 10.9. The molecular weight excluding hydrogens is 379 g/mol. The maximum absolute atomic E-state index is 13.6. The van der Waals surface area contributed by atoms with Crippen molar-refractivity contribution in [2.24, 2.45) is 5.92 Å². The normalized spacial score (nSPS) is 15.9. The van der Waals surface area contributed by atoms with Crippen LogP contribution in [0.3, 0.4) is 0 Å². The first-order valence-electron chi connectivity index (χ1n) is 10.9. The standard InChI is InChI=1S/C25H33FN2O2/c1-2-14-30-20-25(29)19-27(16-21-8-4-3-5-9-21)18-24-12-7-13-28(24)17-22-10-6-11-23(26)15-22/h1,6-7,10-13,15,21,25,29H,3-5,8-9,14,16-20H2. The zero-order valence-corrected chi connectivity index (χ0v) is 17.7. The first kappa shape index (κ1) is 22.6. The van der Waals surface area contributed by atoms with Gasteiger partial charge in [-0.25, -0.2) is 4.39 Å². The van der Waals surface area contributed by atoms with Crippen LogP contribution in [-0.2, 0) is 17.8 Å². The highest BCUT2D eigenvalue weighted by Gasteiger charge is 2.20. The lowest BCUT2D eigenvalue weighted by atomic mass is 9.89. The van der Waals surface area contributed by atoms with Crippen LogP contribution in [-0.4, -0.2) is 47.0 Å². The lowest BCUT2D eigenvalue weighted by Gasteiger charge is -2.31. The quantitative estimate of drug-likeness (QED) is 0.447. The zero-order chi connectivity index (χ0) is 21.2. The molecule has 3 rings (SSSR count). The fourth-order valence-corrected chi connectivity index (χ4v) is 4.35. The lowest BCUT2D eigenvalue weighted by molar-refractivity contribution is 0.0209. The molecule has 0 amide bonds. The predicted molar refractivity (Wildman–Crippen MR) is 117 cm³/mol. The second kappa shape index (κ2) is 11.9. The van der Waals surface area contributed by atoms with Crippen LogP contribution in [0.15, 0.2) is 42.6 Å². The average Bonchev–Trinajstić information content (AvgIpc) is 3.15. The molecule has 5 heteroatoms. The van der Waals surface area contributed by atoms with Crippen LogP contribution in [0.2, 0.25) is 0 Å². The van der Waals surface area contributed by atoms with Gasteiger partial charge in [-0.05, 0) is 48.6 Å². The van der Waals surface area contributed by atoms with Gasteiger partial charge >= 0.3 is 0 Å². The number of aromatic nitrogens is 1. The van der Waals surface area contributed by atoms with E-state index in [0.717, 1.165) is 24.3 Å². The van der Waals surface area contributed by atoms with E-state index in [2.05, 4.69) is 21.5 Å². The van der Waals surface area contributed by atoms with E-state index in [4.69, 9.17) is 11.2 Å². The summed E-state index contributed by atoms with van der Waals surface area (Å²) in [5.74, 6) is 2.89. The Labute approximate surface area is 179 Å². The molecule has 1 aromatic carbocycles. The Hall–Kier alpha value is -2.13. The van der Waals surface area contributed by atoms with Gasteiger partial charge in [0.1, 0.15) is 12.4 Å². The van der Waals surface area contributed by atoms with Crippen LogP contribution in [0.1, 0.15) is 43.4 Å². The highest BCUT2D eigenvalue weighted by Crippen LogP contribution is 2.25. The molecule has 1 N–H and O–H groups in total. The molecule has 2 aromatic rings. The number of hydrogen-bond acceptors (Lipinski definition) is 3. The summed E-state index contributed by atoms with van der Waals surface area (Å²) in [4.78, 5) is 2.33. The van der Waals surface area contributed by atoms with E-state index in [1.54, 1.807) is 12.1 Å². The Morgan fingerprint density at radius 1 is 1.23 bits per heavy atom. The van der Waals surface area contributed by atoms with Gasteiger partial charge in [-0.15, -0.1) is 6.42 Å². The van der Waals surface area contributed by atoms with Gasteiger partial charge in [0.05, 0.1) is 12.7 Å². The minimum Gasteiger partial charge on any atom is -0.389 e. The summed E-state index contributed by atoms with van der Waals surface area (Å²) in [6.07, 6.45) is 13.1. The van der Waals surface area contributed by atoms with Crippen LogP contribution >= 0.6 is 0 Å². The molecule has 0 aliphatic heterocycles. The summed E-state index contributed by atoms with van der Waals surface area (Å²) in [7, 11) is 0. The topological polar surface area (TPSA) is 37.6 Å².